The zero-order valence-electron chi connectivity index (χ0n) is 11.9. The van der Waals surface area contributed by atoms with Crippen LogP contribution in [-0.2, 0) is 17.4 Å². The number of aromatic nitrogens is 1. The number of hydrogen-bond acceptors (Lipinski definition) is 0. The van der Waals surface area contributed by atoms with E-state index >= 15 is 0 Å². The molecule has 2 heterocycles. The summed E-state index contributed by atoms with van der Waals surface area (Å²) < 4.78 is 2.47. The van der Waals surface area contributed by atoms with E-state index in [-0.39, 0.29) is 0 Å². The average Bonchev–Trinajstić information content (AvgIpc) is 3.12. The largest absolute Gasteiger partial charge is 0.341 e. The second-order valence-electron chi connectivity index (χ2n) is 5.55. The van der Waals surface area contributed by atoms with Crippen molar-refractivity contribution in [2.75, 3.05) is 11.5 Å². The number of hydrogen-bond donors (Lipinski definition) is 0. The standard InChI is InChI=1S/C18H20NS/c1-2-19-17-8-4-3-7-15(17)16-10-9-14(13-18(16)19)20-11-5-6-12-20/h3-4,7-10,13H,2,5-6,11-12H2,1H3/q+1. The fraction of sp³-hybridized carbons (Fsp3) is 0.333. The van der Waals surface area contributed by atoms with Crippen molar-refractivity contribution in [3.05, 3.63) is 42.5 Å². The van der Waals surface area contributed by atoms with Crippen LogP contribution < -0.4 is 0 Å². The molecule has 0 atom stereocenters. The summed E-state index contributed by atoms with van der Waals surface area (Å²) in [5, 5.41) is 2.81. The Bertz CT molecular complexity index is 766. The summed E-state index contributed by atoms with van der Waals surface area (Å²) >= 11 is 0. The third kappa shape index (κ3) is 1.78. The molecule has 1 aliphatic heterocycles. The molecule has 0 radical (unpaired) electrons. The van der Waals surface area contributed by atoms with Gasteiger partial charge in [-0.25, -0.2) is 0 Å². The summed E-state index contributed by atoms with van der Waals surface area (Å²) in [6.45, 7) is 3.29. The Hall–Kier alpha value is -1.41. The first-order valence-electron chi connectivity index (χ1n) is 7.57. The molecule has 2 heteroatoms. The van der Waals surface area contributed by atoms with E-state index in [2.05, 4.69) is 54.0 Å². The number of fused-ring (bicyclic) bond motifs is 3. The van der Waals surface area contributed by atoms with Crippen LogP contribution in [0.4, 0.5) is 0 Å². The van der Waals surface area contributed by atoms with E-state index in [0.717, 1.165) is 6.54 Å². The van der Waals surface area contributed by atoms with E-state index < -0.39 is 0 Å². The molecule has 4 rings (SSSR count). The highest BCUT2D eigenvalue weighted by Crippen LogP contribution is 2.32. The topological polar surface area (TPSA) is 4.93 Å². The molecule has 0 spiro atoms. The molecule has 1 saturated heterocycles. The Kier molecular flexibility index (Phi) is 2.99. The van der Waals surface area contributed by atoms with Gasteiger partial charge in [-0.05, 0) is 38.0 Å². The van der Waals surface area contributed by atoms with Crippen molar-refractivity contribution in [2.45, 2.75) is 31.2 Å². The Balaban J connectivity index is 1.99. The first-order chi connectivity index (χ1) is 9.88. The Morgan fingerprint density at radius 1 is 0.950 bits per heavy atom. The van der Waals surface area contributed by atoms with Gasteiger partial charge in [0.05, 0.1) is 5.52 Å². The lowest BCUT2D eigenvalue weighted by molar-refractivity contribution is 0.826. The zero-order chi connectivity index (χ0) is 13.5. The number of para-hydroxylation sites is 1. The molecule has 1 aliphatic rings. The van der Waals surface area contributed by atoms with Crippen LogP contribution in [0.1, 0.15) is 19.8 Å². The molecule has 0 N–H and O–H groups in total. The van der Waals surface area contributed by atoms with Crippen LogP contribution in [0.25, 0.3) is 21.8 Å². The van der Waals surface area contributed by atoms with Gasteiger partial charge in [-0.3, -0.25) is 0 Å². The van der Waals surface area contributed by atoms with Crippen LogP contribution in [0, 0.1) is 0 Å². The van der Waals surface area contributed by atoms with Gasteiger partial charge < -0.3 is 4.57 Å². The summed E-state index contributed by atoms with van der Waals surface area (Å²) in [5.74, 6) is 2.80. The first kappa shape index (κ1) is 12.3. The summed E-state index contributed by atoms with van der Waals surface area (Å²) in [6, 6.07) is 16.0. The predicted molar refractivity (Wildman–Crippen MR) is 89.7 cm³/mol. The second kappa shape index (κ2) is 4.85. The molecule has 0 amide bonds. The molecule has 0 aliphatic carbocycles. The van der Waals surface area contributed by atoms with Gasteiger partial charge in [0.2, 0.25) is 0 Å². The molecule has 1 aromatic heterocycles. The molecule has 1 nitrogen and oxygen atoms in total. The van der Waals surface area contributed by atoms with Crippen LogP contribution in [0.3, 0.4) is 0 Å². The summed E-state index contributed by atoms with van der Waals surface area (Å²) in [7, 11) is 0.508. The molecule has 2 aromatic carbocycles. The lowest BCUT2D eigenvalue weighted by Crippen LogP contribution is -2.04. The molecule has 102 valence electrons. The van der Waals surface area contributed by atoms with Crippen LogP contribution in [0.5, 0.6) is 0 Å². The number of benzene rings is 2. The SMILES string of the molecule is CCn1c2ccccc2c2ccc([S+]3CCCC3)cc21. The lowest BCUT2D eigenvalue weighted by Gasteiger charge is -2.04. The van der Waals surface area contributed by atoms with Gasteiger partial charge in [0.1, 0.15) is 11.5 Å². The number of nitrogens with zero attached hydrogens (tertiary/aromatic N) is 1. The zero-order valence-corrected chi connectivity index (χ0v) is 12.7. The van der Waals surface area contributed by atoms with Crippen molar-refractivity contribution >= 4 is 32.7 Å². The van der Waals surface area contributed by atoms with Gasteiger partial charge in [0, 0.05) is 39.8 Å². The summed E-state index contributed by atoms with van der Waals surface area (Å²) in [5.41, 5.74) is 2.79. The molecular formula is C18H20NS+. The van der Waals surface area contributed by atoms with E-state index in [4.69, 9.17) is 0 Å². The normalized spacial score (nSPS) is 16.4. The Labute approximate surface area is 122 Å². The van der Waals surface area contributed by atoms with Crippen LogP contribution >= 0.6 is 0 Å². The van der Waals surface area contributed by atoms with E-state index in [9.17, 15) is 0 Å². The fourth-order valence-corrected chi connectivity index (χ4v) is 5.76. The summed E-state index contributed by atoms with van der Waals surface area (Å²) in [4.78, 5) is 1.58. The van der Waals surface area contributed by atoms with Crippen molar-refractivity contribution in [3.63, 3.8) is 0 Å². The van der Waals surface area contributed by atoms with Crippen molar-refractivity contribution in [3.8, 4) is 0 Å². The van der Waals surface area contributed by atoms with Crippen molar-refractivity contribution in [1.29, 1.82) is 0 Å². The number of rotatable bonds is 2. The third-order valence-corrected chi connectivity index (χ3v) is 6.91. The highest BCUT2D eigenvalue weighted by molar-refractivity contribution is 7.97. The maximum absolute atomic E-state index is 2.47. The van der Waals surface area contributed by atoms with Crippen molar-refractivity contribution in [1.82, 2.24) is 4.57 Å². The molecule has 3 aromatic rings. The van der Waals surface area contributed by atoms with Gasteiger partial charge in [0.25, 0.3) is 0 Å². The highest BCUT2D eigenvalue weighted by Gasteiger charge is 2.27. The smallest absolute Gasteiger partial charge is 0.157 e. The average molecular weight is 282 g/mol. The minimum atomic E-state index is 0.508. The summed E-state index contributed by atoms with van der Waals surface area (Å²) in [6.07, 6.45) is 2.83. The third-order valence-electron chi connectivity index (χ3n) is 4.43. The van der Waals surface area contributed by atoms with Gasteiger partial charge in [-0.2, -0.15) is 0 Å². The second-order valence-corrected chi connectivity index (χ2v) is 7.82. The van der Waals surface area contributed by atoms with E-state index in [1.807, 2.05) is 0 Å². The molecule has 0 bridgehead atoms. The minimum Gasteiger partial charge on any atom is -0.341 e. The monoisotopic (exact) mass is 282 g/mol. The molecule has 20 heavy (non-hydrogen) atoms. The van der Waals surface area contributed by atoms with Gasteiger partial charge in [-0.1, -0.05) is 18.2 Å². The first-order valence-corrected chi connectivity index (χ1v) is 9.13. The maximum Gasteiger partial charge on any atom is 0.157 e. The minimum absolute atomic E-state index is 0.508. The number of aryl methyl sites for hydroxylation is 1. The van der Waals surface area contributed by atoms with E-state index in [0.29, 0.717) is 10.9 Å². The quantitative estimate of drug-likeness (QED) is 0.606. The van der Waals surface area contributed by atoms with E-state index in [1.165, 1.54) is 46.2 Å². The lowest BCUT2D eigenvalue weighted by atomic mass is 10.2. The van der Waals surface area contributed by atoms with E-state index in [1.54, 1.807) is 4.90 Å². The maximum atomic E-state index is 2.47. The molecule has 0 saturated carbocycles. The molecule has 0 unspecified atom stereocenters. The van der Waals surface area contributed by atoms with Crippen LogP contribution in [-0.4, -0.2) is 16.1 Å². The van der Waals surface area contributed by atoms with Gasteiger partial charge >= 0.3 is 0 Å². The van der Waals surface area contributed by atoms with Crippen LogP contribution in [0.2, 0.25) is 0 Å². The van der Waals surface area contributed by atoms with Crippen molar-refractivity contribution < 1.29 is 0 Å². The Morgan fingerprint density at radius 2 is 1.70 bits per heavy atom. The van der Waals surface area contributed by atoms with Gasteiger partial charge in [0.15, 0.2) is 4.90 Å². The molecule has 1 fully saturated rings. The Morgan fingerprint density at radius 3 is 2.50 bits per heavy atom. The highest BCUT2D eigenvalue weighted by atomic mass is 32.2. The van der Waals surface area contributed by atoms with Crippen molar-refractivity contribution in [2.24, 2.45) is 0 Å². The fourth-order valence-electron chi connectivity index (χ4n) is 3.44. The predicted octanol–water partition coefficient (Wildman–Crippen LogP) is 4.59. The van der Waals surface area contributed by atoms with Gasteiger partial charge in [-0.15, -0.1) is 0 Å². The molecular weight excluding hydrogens is 262 g/mol. The van der Waals surface area contributed by atoms with Crippen LogP contribution in [0.15, 0.2) is 47.4 Å².